The SMILES string of the molecule is CC(C)=C(C)NOC(O[SiH3])(ONC(C)=C(C)C)ONC(C)=C(C)C. The molecule has 3 N–H and O–H groups in total. The van der Waals surface area contributed by atoms with Crippen LogP contribution < -0.4 is 16.4 Å². The van der Waals surface area contributed by atoms with Crippen molar-refractivity contribution in [2.24, 2.45) is 0 Å². The van der Waals surface area contributed by atoms with Gasteiger partial charge in [0.1, 0.15) is 0 Å². The van der Waals surface area contributed by atoms with Crippen LogP contribution in [0.2, 0.25) is 0 Å². The molecule has 0 unspecified atom stereocenters. The highest BCUT2D eigenvalue weighted by atomic mass is 28.2. The average molecular weight is 360 g/mol. The molecular formula is C16H33N3O4Si. The van der Waals surface area contributed by atoms with Gasteiger partial charge < -0.3 is 4.43 Å². The summed E-state index contributed by atoms with van der Waals surface area (Å²) in [7, 11) is 0.322. The molecule has 0 amide bonds. The molecule has 0 bridgehead atoms. The van der Waals surface area contributed by atoms with E-state index in [0.717, 1.165) is 33.8 Å². The Morgan fingerprint density at radius 2 is 0.833 bits per heavy atom. The standard InChI is InChI=1S/C16H33N3O4Si/c1-10(2)13(7)17-20-16(23-24,21-18-14(8)11(3)4)22-19-15(9)12(5)6/h17-19H,1-9,24H3. The van der Waals surface area contributed by atoms with Crippen LogP contribution in [0.5, 0.6) is 0 Å². The molecule has 0 atom stereocenters. The third-order valence-electron chi connectivity index (χ3n) is 3.49. The van der Waals surface area contributed by atoms with Crippen LogP contribution >= 0.6 is 0 Å². The molecule has 0 saturated carbocycles. The Morgan fingerprint density at radius 1 is 0.583 bits per heavy atom. The van der Waals surface area contributed by atoms with Crippen molar-refractivity contribution in [1.82, 2.24) is 16.4 Å². The van der Waals surface area contributed by atoms with E-state index in [9.17, 15) is 0 Å². The lowest BCUT2D eigenvalue weighted by molar-refractivity contribution is -0.509. The lowest BCUT2D eigenvalue weighted by atomic mass is 10.3. The van der Waals surface area contributed by atoms with Crippen molar-refractivity contribution in [3.63, 3.8) is 0 Å². The number of allylic oxidation sites excluding steroid dienone is 6. The summed E-state index contributed by atoms with van der Waals surface area (Å²) < 4.78 is 5.45. The minimum absolute atomic E-state index is 0.322. The smallest absolute Gasteiger partial charge is 0.352 e. The minimum Gasteiger partial charge on any atom is -0.352 e. The zero-order valence-electron chi connectivity index (χ0n) is 16.6. The van der Waals surface area contributed by atoms with Gasteiger partial charge in [0.25, 0.3) is 0 Å². The Balaban J connectivity index is 5.23. The van der Waals surface area contributed by atoms with Crippen LogP contribution in [0.25, 0.3) is 0 Å². The molecule has 140 valence electrons. The van der Waals surface area contributed by atoms with Gasteiger partial charge in [-0.15, -0.1) is 0 Å². The molecule has 0 aliphatic rings. The Morgan fingerprint density at radius 3 is 1.00 bits per heavy atom. The van der Waals surface area contributed by atoms with Crippen LogP contribution in [-0.2, 0) is 18.9 Å². The van der Waals surface area contributed by atoms with Crippen LogP contribution in [0.1, 0.15) is 62.3 Å². The zero-order valence-corrected chi connectivity index (χ0v) is 18.6. The van der Waals surface area contributed by atoms with Gasteiger partial charge in [-0.05, 0) is 62.3 Å². The molecule has 7 nitrogen and oxygen atoms in total. The van der Waals surface area contributed by atoms with Gasteiger partial charge in [0, 0.05) is 17.1 Å². The zero-order chi connectivity index (χ0) is 18.9. The number of hydrogen-bond donors (Lipinski definition) is 3. The monoisotopic (exact) mass is 359 g/mol. The second-order valence-electron chi connectivity index (χ2n) is 6.19. The maximum atomic E-state index is 5.55. The Kier molecular flexibility index (Phi) is 9.94. The van der Waals surface area contributed by atoms with Crippen molar-refractivity contribution < 1.29 is 18.9 Å². The van der Waals surface area contributed by atoms with Crippen LogP contribution in [0.3, 0.4) is 0 Å². The first-order chi connectivity index (χ1) is 11.0. The van der Waals surface area contributed by atoms with Gasteiger partial charge in [0.05, 0.1) is 0 Å². The van der Waals surface area contributed by atoms with Crippen molar-refractivity contribution in [1.29, 1.82) is 0 Å². The molecule has 0 aliphatic carbocycles. The molecule has 0 radical (unpaired) electrons. The lowest BCUT2D eigenvalue weighted by Gasteiger charge is -2.31. The van der Waals surface area contributed by atoms with Crippen LogP contribution in [0.15, 0.2) is 33.8 Å². The predicted octanol–water partition coefficient (Wildman–Crippen LogP) is 2.40. The summed E-state index contributed by atoms with van der Waals surface area (Å²) in [6.45, 7) is 17.5. The molecule has 24 heavy (non-hydrogen) atoms. The van der Waals surface area contributed by atoms with E-state index in [2.05, 4.69) is 16.4 Å². The second-order valence-corrected chi connectivity index (χ2v) is 6.60. The summed E-state index contributed by atoms with van der Waals surface area (Å²) in [6, 6.07) is 0. The molecule has 0 saturated heterocycles. The highest BCUT2D eigenvalue weighted by Gasteiger charge is 2.37. The molecule has 0 aromatic rings. The van der Waals surface area contributed by atoms with Crippen molar-refractivity contribution in [3.05, 3.63) is 33.8 Å². The third kappa shape index (κ3) is 7.98. The molecule has 0 heterocycles. The molecule has 8 heteroatoms. The molecule has 0 aromatic carbocycles. The molecule has 0 aliphatic heterocycles. The van der Waals surface area contributed by atoms with E-state index in [1.807, 2.05) is 62.3 Å². The minimum atomic E-state index is -1.78. The van der Waals surface area contributed by atoms with E-state index in [1.165, 1.54) is 0 Å². The summed E-state index contributed by atoms with van der Waals surface area (Å²) in [6.07, 6.45) is -1.78. The molecule has 0 spiro atoms. The van der Waals surface area contributed by atoms with Crippen molar-refractivity contribution in [2.45, 2.75) is 68.5 Å². The quantitative estimate of drug-likeness (QED) is 0.314. The highest BCUT2D eigenvalue weighted by Crippen LogP contribution is 2.16. The molecular weight excluding hydrogens is 326 g/mol. The summed E-state index contributed by atoms with van der Waals surface area (Å²) in [5.74, 6) is 0. The Hall–Kier alpha value is -1.32. The van der Waals surface area contributed by atoms with Gasteiger partial charge in [-0.3, -0.25) is 16.4 Å². The Labute approximate surface area is 148 Å². The van der Waals surface area contributed by atoms with Crippen molar-refractivity contribution >= 4 is 10.5 Å². The van der Waals surface area contributed by atoms with Gasteiger partial charge in [0.15, 0.2) is 10.5 Å². The fourth-order valence-corrected chi connectivity index (χ4v) is 1.16. The average Bonchev–Trinajstić information content (AvgIpc) is 2.53. The normalized spacial score (nSPS) is 10.9. The summed E-state index contributed by atoms with van der Waals surface area (Å²) in [5.41, 5.74) is 14.1. The largest absolute Gasteiger partial charge is 0.465 e. The van der Waals surface area contributed by atoms with Crippen LogP contribution in [0.4, 0.5) is 0 Å². The summed E-state index contributed by atoms with van der Waals surface area (Å²) >= 11 is 0. The van der Waals surface area contributed by atoms with Gasteiger partial charge >= 0.3 is 6.16 Å². The first-order valence-corrected chi connectivity index (χ1v) is 8.65. The van der Waals surface area contributed by atoms with E-state index in [4.69, 9.17) is 18.9 Å². The van der Waals surface area contributed by atoms with Gasteiger partial charge in [0.2, 0.25) is 0 Å². The third-order valence-corrected chi connectivity index (χ3v) is 3.99. The highest BCUT2D eigenvalue weighted by molar-refractivity contribution is 5.98. The lowest BCUT2D eigenvalue weighted by Crippen LogP contribution is -2.51. The van der Waals surface area contributed by atoms with E-state index < -0.39 is 6.16 Å². The van der Waals surface area contributed by atoms with Crippen molar-refractivity contribution in [2.75, 3.05) is 0 Å². The van der Waals surface area contributed by atoms with Crippen molar-refractivity contribution in [3.8, 4) is 0 Å². The van der Waals surface area contributed by atoms with Gasteiger partial charge in [-0.25, -0.2) is 0 Å². The maximum absolute atomic E-state index is 5.55. The van der Waals surface area contributed by atoms with E-state index in [1.54, 1.807) is 0 Å². The molecule has 0 fully saturated rings. The van der Waals surface area contributed by atoms with Crippen LogP contribution in [0, 0.1) is 0 Å². The van der Waals surface area contributed by atoms with Gasteiger partial charge in [-0.1, -0.05) is 16.7 Å². The predicted molar refractivity (Wildman–Crippen MR) is 98.6 cm³/mol. The van der Waals surface area contributed by atoms with E-state index in [0.29, 0.717) is 10.5 Å². The Bertz CT molecular complexity index is 434. The topological polar surface area (TPSA) is 73.0 Å². The maximum Gasteiger partial charge on any atom is 0.465 e. The second kappa shape index (κ2) is 10.5. The van der Waals surface area contributed by atoms with Gasteiger partial charge in [-0.2, -0.15) is 14.5 Å². The number of hydrogen-bond acceptors (Lipinski definition) is 7. The number of rotatable bonds is 10. The molecule has 0 rings (SSSR count). The summed E-state index contributed by atoms with van der Waals surface area (Å²) in [4.78, 5) is 16.7. The van der Waals surface area contributed by atoms with E-state index in [-0.39, 0.29) is 0 Å². The van der Waals surface area contributed by atoms with Crippen LogP contribution in [-0.4, -0.2) is 16.6 Å². The fraction of sp³-hybridized carbons (Fsp3) is 0.625. The summed E-state index contributed by atoms with van der Waals surface area (Å²) in [5, 5.41) is 0. The fourth-order valence-electron chi connectivity index (χ4n) is 0.911. The number of nitrogens with one attached hydrogen (secondary N) is 3. The van der Waals surface area contributed by atoms with E-state index >= 15 is 0 Å². The first kappa shape index (κ1) is 22.7. The first-order valence-electron chi connectivity index (χ1n) is 7.84. The molecule has 0 aromatic heterocycles. The number of hydroxylamine groups is 3.